The number of amides is 2. The van der Waals surface area contributed by atoms with Gasteiger partial charge in [-0.3, -0.25) is 10.2 Å². The molecule has 1 aliphatic rings. The van der Waals surface area contributed by atoms with Crippen LogP contribution >= 0.6 is 11.6 Å². The Morgan fingerprint density at radius 1 is 1.31 bits per heavy atom. The minimum atomic E-state index is -5.11. The molecule has 0 fully saturated rings. The number of carboxylic acid groups (broad SMARTS) is 1. The van der Waals surface area contributed by atoms with Crippen molar-refractivity contribution in [2.45, 2.75) is 18.2 Å². The van der Waals surface area contributed by atoms with E-state index in [1.54, 1.807) is 0 Å². The van der Waals surface area contributed by atoms with Crippen molar-refractivity contribution >= 4 is 35.3 Å². The third-order valence-electron chi connectivity index (χ3n) is 4.29. The van der Waals surface area contributed by atoms with Gasteiger partial charge in [-0.05, 0) is 30.3 Å². The van der Waals surface area contributed by atoms with E-state index in [9.17, 15) is 32.3 Å². The Morgan fingerprint density at radius 2 is 1.97 bits per heavy atom. The fourth-order valence-electron chi connectivity index (χ4n) is 2.95. The molecule has 0 saturated heterocycles. The number of rotatable bonds is 4. The Labute approximate surface area is 165 Å². The molecular formula is C17H12ClF4N3O4. The fourth-order valence-corrected chi connectivity index (χ4v) is 3.10. The number of anilines is 2. The number of halogens is 5. The van der Waals surface area contributed by atoms with Gasteiger partial charge in [-0.1, -0.05) is 11.6 Å². The zero-order chi connectivity index (χ0) is 21.4. The Balaban J connectivity index is 2.03. The van der Waals surface area contributed by atoms with Crippen LogP contribution in [0.5, 0.6) is 0 Å². The van der Waals surface area contributed by atoms with Crippen molar-refractivity contribution in [1.82, 2.24) is 4.98 Å². The third-order valence-corrected chi connectivity index (χ3v) is 4.50. The van der Waals surface area contributed by atoms with Gasteiger partial charge >= 0.3 is 18.4 Å². The van der Waals surface area contributed by atoms with Crippen LogP contribution in [-0.2, 0) is 10.3 Å². The number of pyridine rings is 1. The first-order valence-corrected chi connectivity index (χ1v) is 8.40. The highest BCUT2D eigenvalue weighted by molar-refractivity contribution is 6.30. The highest BCUT2D eigenvalue weighted by Crippen LogP contribution is 2.49. The van der Waals surface area contributed by atoms with Crippen molar-refractivity contribution in [1.29, 1.82) is 0 Å². The van der Waals surface area contributed by atoms with Gasteiger partial charge in [0.2, 0.25) is 5.60 Å². The Bertz CT molecular complexity index is 955. The summed E-state index contributed by atoms with van der Waals surface area (Å²) in [6, 6.07) is 5.08. The second-order valence-corrected chi connectivity index (χ2v) is 6.49. The lowest BCUT2D eigenvalue weighted by Gasteiger charge is -2.39. The van der Waals surface area contributed by atoms with Gasteiger partial charge < -0.3 is 9.84 Å². The average molecular weight is 434 g/mol. The summed E-state index contributed by atoms with van der Waals surface area (Å²) in [5, 5.41) is 11.3. The minimum absolute atomic E-state index is 0.0547. The van der Waals surface area contributed by atoms with Gasteiger partial charge in [0.1, 0.15) is 11.6 Å². The van der Waals surface area contributed by atoms with Crippen LogP contribution in [0.25, 0.3) is 0 Å². The molecule has 0 saturated carbocycles. The number of benzene rings is 1. The summed E-state index contributed by atoms with van der Waals surface area (Å²) in [5.41, 5.74) is -3.79. The molecule has 2 heterocycles. The van der Waals surface area contributed by atoms with Gasteiger partial charge in [-0.15, -0.1) is 0 Å². The number of nitrogens with zero attached hydrogens (tertiary/aromatic N) is 2. The predicted octanol–water partition coefficient (Wildman–Crippen LogP) is 4.77. The Kier molecular flexibility index (Phi) is 5.26. The molecule has 1 aromatic carbocycles. The van der Waals surface area contributed by atoms with Crippen LogP contribution in [0.2, 0.25) is 5.02 Å². The maximum atomic E-state index is 14.1. The zero-order valence-electron chi connectivity index (χ0n) is 14.3. The molecule has 29 heavy (non-hydrogen) atoms. The molecule has 2 N–H and O–H groups in total. The summed E-state index contributed by atoms with van der Waals surface area (Å²) in [7, 11) is 0. The molecule has 154 valence electrons. The predicted molar refractivity (Wildman–Crippen MR) is 93.5 cm³/mol. The number of aromatic nitrogens is 1. The van der Waals surface area contributed by atoms with E-state index in [2.05, 4.69) is 15.0 Å². The first kappa shape index (κ1) is 20.6. The van der Waals surface area contributed by atoms with Crippen LogP contribution in [0.3, 0.4) is 0 Å². The van der Waals surface area contributed by atoms with E-state index in [0.29, 0.717) is 4.90 Å². The molecule has 1 unspecified atom stereocenters. The van der Waals surface area contributed by atoms with Gasteiger partial charge in [0.25, 0.3) is 0 Å². The number of fused-ring (bicyclic) bond motifs is 1. The lowest BCUT2D eigenvalue weighted by Crippen LogP contribution is -2.52. The second kappa shape index (κ2) is 7.39. The molecule has 12 heteroatoms. The number of alkyl halides is 3. The number of hydrogen-bond acceptors (Lipinski definition) is 4. The fraction of sp³-hybridized carbons (Fsp3) is 0.235. The quantitative estimate of drug-likeness (QED) is 0.678. The average Bonchev–Trinajstić information content (AvgIpc) is 2.62. The molecule has 2 aromatic rings. The zero-order valence-corrected chi connectivity index (χ0v) is 15.1. The lowest BCUT2D eigenvalue weighted by molar-refractivity contribution is -0.266. The van der Waals surface area contributed by atoms with E-state index in [4.69, 9.17) is 11.6 Å². The number of hydrogen-bond donors (Lipinski definition) is 2. The summed E-state index contributed by atoms with van der Waals surface area (Å²) in [5.74, 6) is -1.04. The molecule has 0 radical (unpaired) electrons. The summed E-state index contributed by atoms with van der Waals surface area (Å²) in [6.45, 7) is -0.723. The summed E-state index contributed by atoms with van der Waals surface area (Å²) in [6.07, 6.45) is -8.01. The number of carbonyl (C=O) groups is 2. The van der Waals surface area contributed by atoms with Gasteiger partial charge in [0.05, 0.1) is 5.02 Å². The smallest absolute Gasteiger partial charge is 0.433 e. The van der Waals surface area contributed by atoms with Crippen LogP contribution in [0, 0.1) is 5.82 Å². The number of ether oxygens (including phenoxy) is 1. The molecule has 1 atom stereocenters. The Hall–Kier alpha value is -3.08. The van der Waals surface area contributed by atoms with E-state index in [1.165, 1.54) is 0 Å². The normalized spacial score (nSPS) is 18.4. The van der Waals surface area contributed by atoms with Crippen molar-refractivity contribution in [3.8, 4) is 0 Å². The molecule has 3 rings (SSSR count). The SMILES string of the molecule is O=C1Nc2ncc(Cl)cc2C(CCN(C(=O)O)c2ccc(F)cc2)(C(F)(F)F)O1. The van der Waals surface area contributed by atoms with Crippen molar-refractivity contribution in [2.24, 2.45) is 0 Å². The molecule has 0 bridgehead atoms. The van der Waals surface area contributed by atoms with Crippen LogP contribution in [-0.4, -0.2) is 35.0 Å². The van der Waals surface area contributed by atoms with E-state index >= 15 is 0 Å². The molecule has 1 aromatic heterocycles. The van der Waals surface area contributed by atoms with Gasteiger partial charge in [0.15, 0.2) is 0 Å². The van der Waals surface area contributed by atoms with Crippen molar-refractivity contribution < 1.29 is 37.0 Å². The van der Waals surface area contributed by atoms with Gasteiger partial charge in [-0.2, -0.15) is 13.2 Å². The first-order chi connectivity index (χ1) is 13.5. The summed E-state index contributed by atoms with van der Waals surface area (Å²) >= 11 is 5.78. The van der Waals surface area contributed by atoms with E-state index in [-0.39, 0.29) is 10.7 Å². The monoisotopic (exact) mass is 433 g/mol. The van der Waals surface area contributed by atoms with Crippen LogP contribution in [0.4, 0.5) is 38.7 Å². The molecule has 1 aliphatic heterocycles. The lowest BCUT2D eigenvalue weighted by atomic mass is 9.88. The van der Waals surface area contributed by atoms with Gasteiger partial charge in [0, 0.05) is 30.4 Å². The maximum Gasteiger partial charge on any atom is 0.433 e. The molecule has 0 aliphatic carbocycles. The van der Waals surface area contributed by atoms with Gasteiger partial charge in [-0.25, -0.2) is 19.0 Å². The van der Waals surface area contributed by atoms with Crippen LogP contribution in [0.1, 0.15) is 12.0 Å². The highest BCUT2D eigenvalue weighted by atomic mass is 35.5. The third kappa shape index (κ3) is 3.90. The van der Waals surface area contributed by atoms with E-state index in [0.717, 1.165) is 36.5 Å². The number of cyclic esters (lactones) is 1. The van der Waals surface area contributed by atoms with Crippen molar-refractivity contribution in [2.75, 3.05) is 16.8 Å². The maximum absolute atomic E-state index is 14.1. The largest absolute Gasteiger partial charge is 0.465 e. The Morgan fingerprint density at radius 3 is 2.55 bits per heavy atom. The number of nitrogens with one attached hydrogen (secondary N) is 1. The topological polar surface area (TPSA) is 91.8 Å². The molecule has 7 nitrogen and oxygen atoms in total. The van der Waals surface area contributed by atoms with E-state index < -0.39 is 54.1 Å². The molecule has 2 amide bonds. The second-order valence-electron chi connectivity index (χ2n) is 6.05. The number of carbonyl (C=O) groups excluding carboxylic acids is 1. The molecular weight excluding hydrogens is 422 g/mol. The van der Waals surface area contributed by atoms with E-state index in [1.807, 2.05) is 0 Å². The summed E-state index contributed by atoms with van der Waals surface area (Å²) < 4.78 is 60.0. The summed E-state index contributed by atoms with van der Waals surface area (Å²) in [4.78, 5) is 27.6. The van der Waals surface area contributed by atoms with Crippen LogP contribution in [0.15, 0.2) is 36.5 Å². The molecule has 0 spiro atoms. The minimum Gasteiger partial charge on any atom is -0.465 e. The first-order valence-electron chi connectivity index (χ1n) is 8.02. The highest BCUT2D eigenvalue weighted by Gasteiger charge is 2.62. The van der Waals surface area contributed by atoms with Crippen molar-refractivity contribution in [3.63, 3.8) is 0 Å². The standard InChI is InChI=1S/C17H12ClF4N3O4/c18-9-7-12-13(23-8-9)24-14(26)29-16(12,17(20,21)22)5-6-25(15(27)28)11-3-1-10(19)2-4-11/h1-4,7-8H,5-6H2,(H,27,28)(H,23,24,26). The van der Waals surface area contributed by atoms with Crippen molar-refractivity contribution in [3.05, 3.63) is 52.9 Å². The van der Waals surface area contributed by atoms with Crippen LogP contribution < -0.4 is 10.2 Å².